The van der Waals surface area contributed by atoms with Gasteiger partial charge < -0.3 is 4.90 Å². The van der Waals surface area contributed by atoms with Crippen molar-refractivity contribution < 1.29 is 21.6 Å². The largest absolute Gasteiger partial charge is 0.335 e. The SMILES string of the molecule is O=C(c1csc(-c2ccccc2)n1)N1CCN(S(=O)(=O)C2CCS(=O)(=O)C2)CC1. The molecule has 0 spiro atoms. The number of carbonyl (C=O) groups is 1. The summed E-state index contributed by atoms with van der Waals surface area (Å²) >= 11 is 1.39. The van der Waals surface area contributed by atoms with Crippen LogP contribution in [0.4, 0.5) is 0 Å². The molecule has 2 fully saturated rings. The van der Waals surface area contributed by atoms with E-state index in [2.05, 4.69) is 4.98 Å². The van der Waals surface area contributed by atoms with Gasteiger partial charge in [-0.15, -0.1) is 11.3 Å². The maximum absolute atomic E-state index is 12.8. The van der Waals surface area contributed by atoms with Crippen LogP contribution in [0.25, 0.3) is 10.6 Å². The second-order valence-corrected chi connectivity index (χ2v) is 12.5. The monoisotopic (exact) mass is 455 g/mol. The first-order chi connectivity index (χ1) is 13.8. The Morgan fingerprint density at radius 3 is 2.41 bits per heavy atom. The molecular formula is C18H21N3O5S3. The van der Waals surface area contributed by atoms with Crippen molar-refractivity contribution in [2.24, 2.45) is 0 Å². The zero-order chi connectivity index (χ0) is 20.6. The number of benzene rings is 1. The van der Waals surface area contributed by atoms with Crippen LogP contribution in [-0.4, -0.2) is 79.9 Å². The number of hydrogen-bond acceptors (Lipinski definition) is 7. The summed E-state index contributed by atoms with van der Waals surface area (Å²) < 4.78 is 50.0. The van der Waals surface area contributed by atoms with Crippen LogP contribution >= 0.6 is 11.3 Å². The summed E-state index contributed by atoms with van der Waals surface area (Å²) in [7, 11) is -6.95. The van der Waals surface area contributed by atoms with Crippen molar-refractivity contribution in [3.8, 4) is 10.6 Å². The van der Waals surface area contributed by atoms with E-state index in [-0.39, 0.29) is 50.0 Å². The van der Waals surface area contributed by atoms with Crippen molar-refractivity contribution in [3.63, 3.8) is 0 Å². The second kappa shape index (κ2) is 7.78. The zero-order valence-electron chi connectivity index (χ0n) is 15.6. The molecule has 1 amide bonds. The maximum atomic E-state index is 12.8. The van der Waals surface area contributed by atoms with Crippen LogP contribution in [0.2, 0.25) is 0 Å². The van der Waals surface area contributed by atoms with Crippen LogP contribution in [0.5, 0.6) is 0 Å². The number of carbonyl (C=O) groups excluding carboxylic acids is 1. The molecule has 0 saturated carbocycles. The molecule has 2 aliphatic heterocycles. The molecule has 2 aromatic rings. The van der Waals surface area contributed by atoms with Crippen LogP contribution in [-0.2, 0) is 19.9 Å². The van der Waals surface area contributed by atoms with Crippen molar-refractivity contribution in [2.75, 3.05) is 37.7 Å². The zero-order valence-corrected chi connectivity index (χ0v) is 18.0. The summed E-state index contributed by atoms with van der Waals surface area (Å²) in [6.07, 6.45) is 0.144. The summed E-state index contributed by atoms with van der Waals surface area (Å²) in [4.78, 5) is 18.8. The van der Waals surface area contributed by atoms with Gasteiger partial charge in [-0.05, 0) is 6.42 Å². The Bertz CT molecular complexity index is 1100. The molecule has 0 aliphatic carbocycles. The lowest BCUT2D eigenvalue weighted by molar-refractivity contribution is 0.0692. The van der Waals surface area contributed by atoms with E-state index < -0.39 is 25.1 Å². The van der Waals surface area contributed by atoms with Gasteiger partial charge in [-0.3, -0.25) is 4.79 Å². The predicted molar refractivity (Wildman–Crippen MR) is 111 cm³/mol. The molecule has 1 aromatic carbocycles. The molecule has 1 unspecified atom stereocenters. The fraction of sp³-hybridized carbons (Fsp3) is 0.444. The molecule has 2 aliphatic rings. The average molecular weight is 456 g/mol. The van der Waals surface area contributed by atoms with Crippen molar-refractivity contribution in [2.45, 2.75) is 11.7 Å². The fourth-order valence-electron chi connectivity index (χ4n) is 3.60. The Hall–Kier alpha value is -1.82. The van der Waals surface area contributed by atoms with Gasteiger partial charge in [-0.2, -0.15) is 4.31 Å². The summed E-state index contributed by atoms with van der Waals surface area (Å²) in [6.45, 7) is 0.853. The normalized spacial score (nSPS) is 22.6. The third-order valence-electron chi connectivity index (χ3n) is 5.24. The lowest BCUT2D eigenvalue weighted by atomic mass is 10.2. The number of amides is 1. The van der Waals surface area contributed by atoms with Gasteiger partial charge in [0.25, 0.3) is 5.91 Å². The lowest BCUT2D eigenvalue weighted by Crippen LogP contribution is -2.52. The van der Waals surface area contributed by atoms with E-state index in [1.807, 2.05) is 30.3 Å². The number of sulfonamides is 1. The highest BCUT2D eigenvalue weighted by Gasteiger charge is 2.41. The first-order valence-electron chi connectivity index (χ1n) is 9.26. The van der Waals surface area contributed by atoms with E-state index in [0.29, 0.717) is 5.69 Å². The number of piperazine rings is 1. The van der Waals surface area contributed by atoms with Crippen molar-refractivity contribution in [1.82, 2.24) is 14.2 Å². The molecule has 1 atom stereocenters. The van der Waals surface area contributed by atoms with E-state index >= 15 is 0 Å². The number of hydrogen-bond donors (Lipinski definition) is 0. The minimum atomic E-state index is -3.68. The van der Waals surface area contributed by atoms with Gasteiger partial charge in [0.2, 0.25) is 10.0 Å². The van der Waals surface area contributed by atoms with Crippen LogP contribution < -0.4 is 0 Å². The van der Waals surface area contributed by atoms with E-state index in [4.69, 9.17) is 0 Å². The van der Waals surface area contributed by atoms with Gasteiger partial charge in [0.15, 0.2) is 9.84 Å². The first-order valence-corrected chi connectivity index (χ1v) is 13.5. The van der Waals surface area contributed by atoms with Crippen molar-refractivity contribution >= 4 is 37.1 Å². The molecular weight excluding hydrogens is 434 g/mol. The fourth-order valence-corrected chi connectivity index (χ4v) is 8.91. The average Bonchev–Trinajstić information content (AvgIpc) is 3.35. The third kappa shape index (κ3) is 4.23. The molecule has 1 aromatic heterocycles. The number of thiazole rings is 1. The number of rotatable bonds is 4. The number of sulfone groups is 1. The van der Waals surface area contributed by atoms with Gasteiger partial charge in [0.05, 0.1) is 16.8 Å². The second-order valence-electron chi connectivity index (χ2n) is 7.17. The van der Waals surface area contributed by atoms with Crippen LogP contribution in [0.3, 0.4) is 0 Å². The molecule has 3 heterocycles. The van der Waals surface area contributed by atoms with Gasteiger partial charge in [-0.25, -0.2) is 21.8 Å². The quantitative estimate of drug-likeness (QED) is 0.683. The van der Waals surface area contributed by atoms with Gasteiger partial charge >= 0.3 is 0 Å². The Morgan fingerprint density at radius 1 is 1.10 bits per heavy atom. The van der Waals surface area contributed by atoms with E-state index in [9.17, 15) is 21.6 Å². The molecule has 0 bridgehead atoms. The third-order valence-corrected chi connectivity index (χ3v) is 10.4. The minimum absolute atomic E-state index is 0.0804. The smallest absolute Gasteiger partial charge is 0.273 e. The van der Waals surface area contributed by atoms with Gasteiger partial charge in [0.1, 0.15) is 10.7 Å². The summed E-state index contributed by atoms with van der Waals surface area (Å²) in [5.41, 5.74) is 1.30. The highest BCUT2D eigenvalue weighted by molar-refractivity contribution is 7.95. The van der Waals surface area contributed by atoms with E-state index in [1.165, 1.54) is 15.6 Å². The van der Waals surface area contributed by atoms with E-state index in [1.54, 1.807) is 10.3 Å². The summed E-state index contributed by atoms with van der Waals surface area (Å²) in [6, 6.07) is 9.60. The molecule has 11 heteroatoms. The van der Waals surface area contributed by atoms with Crippen molar-refractivity contribution in [1.29, 1.82) is 0 Å². The van der Waals surface area contributed by atoms with E-state index in [0.717, 1.165) is 10.6 Å². The maximum Gasteiger partial charge on any atom is 0.273 e. The van der Waals surface area contributed by atoms with Gasteiger partial charge in [0, 0.05) is 37.1 Å². The lowest BCUT2D eigenvalue weighted by Gasteiger charge is -2.34. The predicted octanol–water partition coefficient (Wildman–Crippen LogP) is 1.08. The Kier molecular flexibility index (Phi) is 5.49. The Labute approximate surface area is 174 Å². The minimum Gasteiger partial charge on any atom is -0.335 e. The molecule has 0 radical (unpaired) electrons. The first kappa shape index (κ1) is 20.5. The molecule has 2 saturated heterocycles. The summed E-state index contributed by atoms with van der Waals surface area (Å²) in [5, 5.41) is 1.61. The standard InChI is InChI=1S/C18H21N3O5S3/c22-18(16-12-27-17(19-16)14-4-2-1-3-5-14)20-7-9-21(10-8-20)29(25,26)15-6-11-28(23,24)13-15/h1-5,12,15H,6-11,13H2. The highest BCUT2D eigenvalue weighted by Crippen LogP contribution is 2.25. The number of aromatic nitrogens is 1. The van der Waals surface area contributed by atoms with Crippen LogP contribution in [0.15, 0.2) is 35.7 Å². The summed E-state index contributed by atoms with van der Waals surface area (Å²) in [5.74, 6) is -0.609. The molecule has 8 nitrogen and oxygen atoms in total. The van der Waals surface area contributed by atoms with Crippen LogP contribution in [0.1, 0.15) is 16.9 Å². The van der Waals surface area contributed by atoms with Crippen LogP contribution in [0, 0.1) is 0 Å². The topological polar surface area (TPSA) is 105 Å². The van der Waals surface area contributed by atoms with Crippen molar-refractivity contribution in [3.05, 3.63) is 41.4 Å². The number of nitrogens with zero attached hydrogens (tertiary/aromatic N) is 3. The Balaban J connectivity index is 1.40. The molecule has 29 heavy (non-hydrogen) atoms. The molecule has 0 N–H and O–H groups in total. The van der Waals surface area contributed by atoms with Gasteiger partial charge in [-0.1, -0.05) is 30.3 Å². The molecule has 156 valence electrons. The molecule has 4 rings (SSSR count). The highest BCUT2D eigenvalue weighted by atomic mass is 32.2. The Morgan fingerprint density at radius 2 is 1.79 bits per heavy atom.